The Morgan fingerprint density at radius 2 is 2.17 bits per heavy atom. The summed E-state index contributed by atoms with van der Waals surface area (Å²) < 4.78 is 4.97. The van der Waals surface area contributed by atoms with Gasteiger partial charge in [0.1, 0.15) is 12.2 Å². The second-order valence-electron chi connectivity index (χ2n) is 4.24. The van der Waals surface area contributed by atoms with Gasteiger partial charge in [-0.1, -0.05) is 12.1 Å². The summed E-state index contributed by atoms with van der Waals surface area (Å²) in [5.74, 6) is 0.541. The van der Waals surface area contributed by atoms with E-state index >= 15 is 0 Å². The van der Waals surface area contributed by atoms with Crippen LogP contribution in [-0.2, 0) is 0 Å². The van der Waals surface area contributed by atoms with E-state index in [9.17, 15) is 15.3 Å². The summed E-state index contributed by atoms with van der Waals surface area (Å²) in [6.07, 6.45) is 0.492. The molecule has 0 radical (unpaired) electrons. The first-order valence-electron chi connectivity index (χ1n) is 5.84. The molecular formula is C12H16N2O4. The summed E-state index contributed by atoms with van der Waals surface area (Å²) >= 11 is 0. The summed E-state index contributed by atoms with van der Waals surface area (Å²) in [7, 11) is 0. The smallest absolute Gasteiger partial charge is 0.181 e. The van der Waals surface area contributed by atoms with Crippen LogP contribution in [0.2, 0.25) is 0 Å². The number of aliphatic hydroxyl groups excluding tert-OH is 3. The average Bonchev–Trinajstić information content (AvgIpc) is 3.05. The maximum absolute atomic E-state index is 9.94. The number of nitrogens with zero attached hydrogens (tertiary/aromatic N) is 2. The molecule has 0 unspecified atom stereocenters. The van der Waals surface area contributed by atoms with Gasteiger partial charge in [0.15, 0.2) is 5.76 Å². The van der Waals surface area contributed by atoms with Crippen molar-refractivity contribution >= 4 is 5.71 Å². The van der Waals surface area contributed by atoms with Gasteiger partial charge in [-0.25, -0.2) is 0 Å². The Labute approximate surface area is 104 Å². The zero-order chi connectivity index (χ0) is 13.1. The van der Waals surface area contributed by atoms with Crippen molar-refractivity contribution in [1.82, 2.24) is 5.16 Å². The van der Waals surface area contributed by atoms with Gasteiger partial charge in [0.2, 0.25) is 0 Å². The highest BCUT2D eigenvalue weighted by molar-refractivity contribution is 6.01. The van der Waals surface area contributed by atoms with Crippen molar-refractivity contribution in [3.05, 3.63) is 29.8 Å². The molecule has 3 N–H and O–H groups in total. The number of hydrogen-bond acceptors (Lipinski definition) is 6. The topological polar surface area (TPSA) is 99.1 Å². The van der Waals surface area contributed by atoms with Gasteiger partial charge >= 0.3 is 0 Å². The number of aromatic nitrogens is 1. The van der Waals surface area contributed by atoms with Crippen molar-refractivity contribution in [2.24, 2.45) is 4.99 Å². The number of rotatable bonds is 5. The van der Waals surface area contributed by atoms with E-state index in [-0.39, 0.29) is 0 Å². The van der Waals surface area contributed by atoms with E-state index in [1.165, 1.54) is 12.4 Å². The Bertz CT molecular complexity index is 453. The van der Waals surface area contributed by atoms with Crippen molar-refractivity contribution in [2.45, 2.75) is 38.1 Å². The van der Waals surface area contributed by atoms with Crippen LogP contribution in [0.4, 0.5) is 0 Å². The molecule has 6 heteroatoms. The van der Waals surface area contributed by atoms with Gasteiger partial charge in [0.25, 0.3) is 0 Å². The average molecular weight is 252 g/mol. The van der Waals surface area contributed by atoms with Gasteiger partial charge in [-0.3, -0.25) is 4.99 Å². The lowest BCUT2D eigenvalue weighted by Crippen LogP contribution is -2.38. The Morgan fingerprint density at radius 1 is 1.39 bits per heavy atom. The van der Waals surface area contributed by atoms with E-state index in [4.69, 9.17) is 4.52 Å². The quantitative estimate of drug-likeness (QED) is 0.697. The monoisotopic (exact) mass is 252 g/mol. The van der Waals surface area contributed by atoms with Crippen LogP contribution < -0.4 is 0 Å². The van der Waals surface area contributed by atoms with Gasteiger partial charge < -0.3 is 19.8 Å². The van der Waals surface area contributed by atoms with E-state index < -0.39 is 18.3 Å². The Balaban J connectivity index is 1.98. The highest BCUT2D eigenvalue weighted by atomic mass is 16.5. The van der Waals surface area contributed by atoms with Crippen LogP contribution in [0.1, 0.15) is 25.5 Å². The zero-order valence-electron chi connectivity index (χ0n) is 10.0. The van der Waals surface area contributed by atoms with E-state index in [0.717, 1.165) is 0 Å². The Kier molecular flexibility index (Phi) is 3.90. The molecular weight excluding hydrogens is 236 g/mol. The normalized spacial score (nSPS) is 20.2. The fourth-order valence-electron chi connectivity index (χ4n) is 1.81. The largest absolute Gasteiger partial charge is 0.390 e. The Hall–Kier alpha value is -1.50. The predicted octanol–water partition coefficient (Wildman–Crippen LogP) is 0.244. The molecule has 1 aliphatic rings. The van der Waals surface area contributed by atoms with E-state index in [2.05, 4.69) is 10.1 Å². The molecule has 0 saturated heterocycles. The first-order valence-corrected chi connectivity index (χ1v) is 5.84. The van der Waals surface area contributed by atoms with E-state index in [1.807, 2.05) is 0 Å². The zero-order valence-corrected chi connectivity index (χ0v) is 10.0. The van der Waals surface area contributed by atoms with Crippen LogP contribution in [0.25, 0.3) is 0 Å². The molecule has 0 bridgehead atoms. The highest BCUT2D eigenvalue weighted by Crippen LogP contribution is 2.23. The molecule has 1 aromatic heterocycles. The van der Waals surface area contributed by atoms with Crippen molar-refractivity contribution in [2.75, 3.05) is 0 Å². The first-order chi connectivity index (χ1) is 8.63. The van der Waals surface area contributed by atoms with Crippen LogP contribution in [0, 0.1) is 0 Å². The SMILES string of the molecule is CC[C@H](O)[C@H](O)[C@@H](O)C1=CN=C(c2ccno2)C1. The lowest BCUT2D eigenvalue weighted by Gasteiger charge is -2.22. The summed E-state index contributed by atoms with van der Waals surface area (Å²) in [6, 6.07) is 1.68. The molecule has 2 rings (SSSR count). The number of hydrogen-bond donors (Lipinski definition) is 3. The van der Waals surface area contributed by atoms with Crippen LogP contribution in [0.3, 0.4) is 0 Å². The standard InChI is InChI=1S/C12H16N2O4/c1-2-9(15)12(17)11(16)7-5-8(13-6-7)10-3-4-14-18-10/h3-4,6,9,11-12,15-17H,2,5H2,1H3/t9-,11-,12-/m0/s1. The van der Waals surface area contributed by atoms with Crippen molar-refractivity contribution in [3.63, 3.8) is 0 Å². The minimum Gasteiger partial charge on any atom is -0.390 e. The third-order valence-corrected chi connectivity index (χ3v) is 3.00. The number of aliphatic hydroxyl groups is 3. The first kappa shape index (κ1) is 12.9. The fourth-order valence-corrected chi connectivity index (χ4v) is 1.81. The maximum Gasteiger partial charge on any atom is 0.181 e. The minimum atomic E-state index is -1.20. The molecule has 98 valence electrons. The van der Waals surface area contributed by atoms with Crippen LogP contribution >= 0.6 is 0 Å². The van der Waals surface area contributed by atoms with Gasteiger partial charge in [-0.2, -0.15) is 0 Å². The van der Waals surface area contributed by atoms with Crippen molar-refractivity contribution in [3.8, 4) is 0 Å². The molecule has 1 aromatic rings. The van der Waals surface area contributed by atoms with Gasteiger partial charge in [-0.05, 0) is 12.0 Å². The van der Waals surface area contributed by atoms with Crippen LogP contribution in [0.15, 0.2) is 33.6 Å². The van der Waals surface area contributed by atoms with Gasteiger partial charge in [0, 0.05) is 18.7 Å². The summed E-state index contributed by atoms with van der Waals surface area (Å²) in [6.45, 7) is 1.74. The second kappa shape index (κ2) is 5.43. The van der Waals surface area contributed by atoms with E-state index in [0.29, 0.717) is 29.9 Å². The van der Waals surface area contributed by atoms with Crippen LogP contribution in [-0.4, -0.2) is 44.5 Å². The molecule has 3 atom stereocenters. The molecule has 1 aliphatic heterocycles. The lowest BCUT2D eigenvalue weighted by atomic mass is 9.97. The minimum absolute atomic E-state index is 0.376. The predicted molar refractivity (Wildman–Crippen MR) is 64.1 cm³/mol. The summed E-state index contributed by atoms with van der Waals surface area (Å²) in [5.41, 5.74) is 1.21. The van der Waals surface area contributed by atoms with Crippen molar-refractivity contribution in [1.29, 1.82) is 0 Å². The molecule has 18 heavy (non-hydrogen) atoms. The molecule has 0 saturated carbocycles. The fraction of sp³-hybridized carbons (Fsp3) is 0.500. The van der Waals surface area contributed by atoms with E-state index in [1.54, 1.807) is 13.0 Å². The van der Waals surface area contributed by atoms with Crippen LogP contribution in [0.5, 0.6) is 0 Å². The van der Waals surface area contributed by atoms with Crippen molar-refractivity contribution < 1.29 is 19.8 Å². The third kappa shape index (κ3) is 2.50. The molecule has 0 amide bonds. The summed E-state index contributed by atoms with van der Waals surface area (Å²) in [5, 5.41) is 32.8. The summed E-state index contributed by atoms with van der Waals surface area (Å²) in [4.78, 5) is 4.12. The number of aliphatic imine (C=N–C) groups is 1. The highest BCUT2D eigenvalue weighted by Gasteiger charge is 2.29. The third-order valence-electron chi connectivity index (χ3n) is 3.00. The maximum atomic E-state index is 9.94. The molecule has 6 nitrogen and oxygen atoms in total. The Morgan fingerprint density at radius 3 is 2.78 bits per heavy atom. The van der Waals surface area contributed by atoms with Gasteiger partial charge in [0.05, 0.1) is 18.0 Å². The molecule has 0 fully saturated rings. The second-order valence-corrected chi connectivity index (χ2v) is 4.24. The molecule has 0 aromatic carbocycles. The molecule has 0 spiro atoms. The van der Waals surface area contributed by atoms with Gasteiger partial charge in [-0.15, -0.1) is 0 Å². The molecule has 2 heterocycles. The molecule has 0 aliphatic carbocycles. The lowest BCUT2D eigenvalue weighted by molar-refractivity contribution is -0.0463.